The number of hydrogen-bond donors (Lipinski definition) is 1. The number of hydrazone groups is 1. The normalized spacial score (nSPS) is 15.8. The van der Waals surface area contributed by atoms with Crippen LogP contribution in [0.15, 0.2) is 64.9 Å². The highest BCUT2D eigenvalue weighted by Crippen LogP contribution is 2.28. The van der Waals surface area contributed by atoms with Gasteiger partial charge in [-0.05, 0) is 24.6 Å². The maximum absolute atomic E-state index is 12.6. The topological polar surface area (TPSA) is 98.5 Å². The number of aromatic nitrogens is 3. The molecule has 1 unspecified atom stereocenters. The summed E-state index contributed by atoms with van der Waals surface area (Å²) < 4.78 is 7.08. The molecule has 1 N–H and O–H groups in total. The number of Topliss-reactive ketones (excluding diaryl/α,β-unsaturated/α-hetero) is 1. The van der Waals surface area contributed by atoms with E-state index in [0.717, 1.165) is 11.3 Å². The molecule has 0 spiro atoms. The zero-order chi connectivity index (χ0) is 22.5. The van der Waals surface area contributed by atoms with E-state index in [-0.39, 0.29) is 17.4 Å². The van der Waals surface area contributed by atoms with Gasteiger partial charge in [0.05, 0.1) is 18.6 Å². The van der Waals surface area contributed by atoms with Crippen LogP contribution in [0.1, 0.15) is 41.0 Å². The van der Waals surface area contributed by atoms with Crippen LogP contribution in [0.3, 0.4) is 0 Å². The molecule has 1 aromatic heterocycles. The van der Waals surface area contributed by atoms with Crippen LogP contribution < -0.4 is 10.2 Å². The number of thioether (sulfide) groups is 1. The highest BCUT2D eigenvalue weighted by atomic mass is 32.2. The molecule has 1 aliphatic heterocycles. The van der Waals surface area contributed by atoms with E-state index in [2.05, 4.69) is 20.7 Å². The van der Waals surface area contributed by atoms with E-state index >= 15 is 0 Å². The number of nitrogens with one attached hydrogen (secondary N) is 1. The smallest absolute Gasteiger partial charge is 0.251 e. The van der Waals surface area contributed by atoms with Crippen molar-refractivity contribution in [3.05, 3.63) is 71.5 Å². The summed E-state index contributed by atoms with van der Waals surface area (Å²) in [5.41, 5.74) is 4.95. The van der Waals surface area contributed by atoms with Gasteiger partial charge in [0.15, 0.2) is 10.9 Å². The van der Waals surface area contributed by atoms with Gasteiger partial charge in [-0.25, -0.2) is 5.43 Å². The zero-order valence-electron chi connectivity index (χ0n) is 17.8. The lowest BCUT2D eigenvalue weighted by Gasteiger charge is -2.21. The maximum Gasteiger partial charge on any atom is 0.251 e. The monoisotopic (exact) mass is 449 g/mol. The van der Waals surface area contributed by atoms with E-state index in [1.807, 2.05) is 41.8 Å². The van der Waals surface area contributed by atoms with Crippen LogP contribution in [0, 0.1) is 0 Å². The second kappa shape index (κ2) is 9.78. The predicted molar refractivity (Wildman–Crippen MR) is 122 cm³/mol. The van der Waals surface area contributed by atoms with Gasteiger partial charge in [0.1, 0.15) is 17.5 Å². The minimum atomic E-state index is -0.501. The molecular formula is C23H23N5O3S. The minimum Gasteiger partial charge on any atom is -0.497 e. The largest absolute Gasteiger partial charge is 0.497 e. The molecule has 8 nitrogen and oxygen atoms in total. The summed E-state index contributed by atoms with van der Waals surface area (Å²) >= 11 is 1.31. The minimum absolute atomic E-state index is 0.0324. The second-order valence-corrected chi connectivity index (χ2v) is 8.13. The molecule has 0 aliphatic carbocycles. The number of carbonyl (C=O) groups excluding carboxylic acids is 2. The van der Waals surface area contributed by atoms with Gasteiger partial charge in [-0.1, -0.05) is 54.2 Å². The lowest BCUT2D eigenvalue weighted by atomic mass is 9.95. The van der Waals surface area contributed by atoms with Crippen LogP contribution in [0.25, 0.3) is 0 Å². The number of benzene rings is 2. The van der Waals surface area contributed by atoms with Gasteiger partial charge >= 0.3 is 0 Å². The first-order valence-electron chi connectivity index (χ1n) is 10.3. The van der Waals surface area contributed by atoms with Crippen LogP contribution in [0.4, 0.5) is 0 Å². The summed E-state index contributed by atoms with van der Waals surface area (Å²) in [6.07, 6.45) is 0.432. The first-order chi connectivity index (χ1) is 15.6. The first-order valence-corrected chi connectivity index (χ1v) is 11.2. The third-order valence-corrected chi connectivity index (χ3v) is 6.19. The number of ether oxygens (including phenoxy) is 1. The third-order valence-electron chi connectivity index (χ3n) is 5.22. The average molecular weight is 450 g/mol. The highest BCUT2D eigenvalue weighted by molar-refractivity contribution is 7.99. The van der Waals surface area contributed by atoms with Crippen molar-refractivity contribution in [3.8, 4) is 5.75 Å². The molecule has 0 bridgehead atoms. The lowest BCUT2D eigenvalue weighted by Crippen LogP contribution is -2.35. The Morgan fingerprint density at radius 2 is 2.00 bits per heavy atom. The summed E-state index contributed by atoms with van der Waals surface area (Å²) in [4.78, 5) is 25.2. The van der Waals surface area contributed by atoms with Gasteiger partial charge in [0, 0.05) is 18.5 Å². The Balaban J connectivity index is 1.51. The summed E-state index contributed by atoms with van der Waals surface area (Å²) in [6.45, 7) is 2.55. The molecule has 0 radical (unpaired) electrons. The highest BCUT2D eigenvalue weighted by Gasteiger charge is 2.32. The molecule has 4 rings (SSSR count). The lowest BCUT2D eigenvalue weighted by molar-refractivity contribution is -0.123. The summed E-state index contributed by atoms with van der Waals surface area (Å²) in [5.74, 6) is 0.673. The molecule has 9 heteroatoms. The Hall–Kier alpha value is -3.46. The van der Waals surface area contributed by atoms with Crippen molar-refractivity contribution in [3.63, 3.8) is 0 Å². The Morgan fingerprint density at radius 3 is 2.75 bits per heavy atom. The Kier molecular flexibility index (Phi) is 6.65. The van der Waals surface area contributed by atoms with Crippen molar-refractivity contribution in [2.45, 2.75) is 31.0 Å². The molecule has 0 saturated heterocycles. The SMILES string of the molecule is CCn1c(SCC(=O)c2cccc(OC)c2)nnc1C1CC(c2ccccc2)=NNC1=O. The standard InChI is InChI=1S/C23H23N5O3S/c1-3-28-21(18-13-19(24-26-22(18)30)15-8-5-4-6-9-15)25-27-23(28)32-14-20(29)16-10-7-11-17(12-16)31-2/h4-12,18H,3,13-14H2,1-2H3,(H,26,30). The molecule has 2 heterocycles. The van der Waals surface area contributed by atoms with Crippen LogP contribution in [-0.2, 0) is 11.3 Å². The number of rotatable bonds is 8. The molecule has 164 valence electrons. The fraction of sp³-hybridized carbons (Fsp3) is 0.261. The van der Waals surface area contributed by atoms with E-state index in [9.17, 15) is 9.59 Å². The molecule has 3 aromatic rings. The molecule has 2 aromatic carbocycles. The quantitative estimate of drug-likeness (QED) is 0.419. The molecule has 1 aliphatic rings. The number of hydrogen-bond acceptors (Lipinski definition) is 7. The fourth-order valence-electron chi connectivity index (χ4n) is 3.53. The van der Waals surface area contributed by atoms with E-state index in [4.69, 9.17) is 4.74 Å². The van der Waals surface area contributed by atoms with Crippen LogP contribution in [0.2, 0.25) is 0 Å². The van der Waals surface area contributed by atoms with Gasteiger partial charge < -0.3 is 9.30 Å². The van der Waals surface area contributed by atoms with Crippen LogP contribution >= 0.6 is 11.8 Å². The number of amides is 1. The molecular weight excluding hydrogens is 426 g/mol. The number of carbonyl (C=O) groups is 2. The fourth-order valence-corrected chi connectivity index (χ4v) is 4.43. The summed E-state index contributed by atoms with van der Waals surface area (Å²) in [7, 11) is 1.57. The van der Waals surface area contributed by atoms with Crippen molar-refractivity contribution in [1.82, 2.24) is 20.2 Å². The van der Waals surface area contributed by atoms with Crippen molar-refractivity contribution < 1.29 is 14.3 Å². The number of nitrogens with zero attached hydrogens (tertiary/aromatic N) is 4. The van der Waals surface area contributed by atoms with Gasteiger partial charge in [-0.15, -0.1) is 10.2 Å². The Bertz CT molecular complexity index is 1160. The molecule has 1 amide bonds. The summed E-state index contributed by atoms with van der Waals surface area (Å²) in [5, 5.41) is 13.4. The Morgan fingerprint density at radius 1 is 1.19 bits per heavy atom. The van der Waals surface area contributed by atoms with E-state index < -0.39 is 5.92 Å². The molecule has 1 atom stereocenters. The maximum atomic E-state index is 12.6. The number of methoxy groups -OCH3 is 1. The zero-order valence-corrected chi connectivity index (χ0v) is 18.6. The van der Waals surface area contributed by atoms with Crippen molar-refractivity contribution in [2.75, 3.05) is 12.9 Å². The van der Waals surface area contributed by atoms with Crippen LogP contribution in [0.5, 0.6) is 5.75 Å². The van der Waals surface area contributed by atoms with Crippen molar-refractivity contribution in [2.24, 2.45) is 5.10 Å². The van der Waals surface area contributed by atoms with Gasteiger partial charge in [-0.2, -0.15) is 5.10 Å². The molecule has 0 saturated carbocycles. The molecule has 0 fully saturated rings. The van der Waals surface area contributed by atoms with Crippen molar-refractivity contribution >= 4 is 29.2 Å². The van der Waals surface area contributed by atoms with Gasteiger partial charge in [-0.3, -0.25) is 9.59 Å². The van der Waals surface area contributed by atoms with E-state index in [0.29, 0.717) is 35.3 Å². The molecule has 32 heavy (non-hydrogen) atoms. The number of ketones is 1. The predicted octanol–water partition coefficient (Wildman–Crippen LogP) is 3.29. The van der Waals surface area contributed by atoms with Gasteiger partial charge in [0.2, 0.25) is 0 Å². The third kappa shape index (κ3) is 4.57. The van der Waals surface area contributed by atoms with E-state index in [1.54, 1.807) is 31.4 Å². The second-order valence-electron chi connectivity index (χ2n) is 7.19. The van der Waals surface area contributed by atoms with Crippen LogP contribution in [-0.4, -0.2) is 45.0 Å². The van der Waals surface area contributed by atoms with E-state index in [1.165, 1.54) is 11.8 Å². The summed E-state index contributed by atoms with van der Waals surface area (Å²) in [6, 6.07) is 16.8. The average Bonchev–Trinajstić information content (AvgIpc) is 3.26. The first kappa shape index (κ1) is 21.8. The Labute approximate surface area is 190 Å². The van der Waals surface area contributed by atoms with Crippen molar-refractivity contribution in [1.29, 1.82) is 0 Å². The van der Waals surface area contributed by atoms with Gasteiger partial charge in [0.25, 0.3) is 5.91 Å².